The van der Waals surface area contributed by atoms with Gasteiger partial charge in [0, 0.05) is 12.1 Å². The number of methoxy groups -OCH3 is 2. The van der Waals surface area contributed by atoms with Gasteiger partial charge in [0.25, 0.3) is 0 Å². The molecule has 0 aliphatic heterocycles. The fourth-order valence-electron chi connectivity index (χ4n) is 2.75. The lowest BCUT2D eigenvalue weighted by molar-refractivity contribution is 0.0697. The van der Waals surface area contributed by atoms with Gasteiger partial charge in [-0.15, -0.1) is 0 Å². The maximum Gasteiger partial charge on any atom is 0.337 e. The van der Waals surface area contributed by atoms with Crippen molar-refractivity contribution in [1.82, 2.24) is 0 Å². The summed E-state index contributed by atoms with van der Waals surface area (Å²) in [7, 11) is 3.20. The maximum absolute atomic E-state index is 11.5. The lowest BCUT2D eigenvalue weighted by atomic mass is 10.1. The molecular weight excluding hydrogens is 386 g/mol. The van der Waals surface area contributed by atoms with E-state index in [1.807, 2.05) is 48.5 Å². The molecule has 7 nitrogen and oxygen atoms in total. The van der Waals surface area contributed by atoms with E-state index in [1.54, 1.807) is 14.2 Å². The van der Waals surface area contributed by atoms with Crippen LogP contribution in [0.4, 0.5) is 5.69 Å². The largest absolute Gasteiger partial charge is 0.497 e. The average Bonchev–Trinajstić information content (AvgIpc) is 2.77. The Bertz CT molecular complexity index is 999. The van der Waals surface area contributed by atoms with Crippen molar-refractivity contribution in [2.24, 2.45) is 0 Å². The standard InChI is InChI=1S/C23H23NO6/c1-27-17-7-3-15(4-8-17)13-29-21-11-19(23(25)26)20(24)12-22(21)30-14-16-5-9-18(28-2)10-6-16/h3-12H,13-14,24H2,1-2H3,(H,25,26). The summed E-state index contributed by atoms with van der Waals surface area (Å²) in [6.07, 6.45) is 0. The third kappa shape index (κ3) is 5.14. The van der Waals surface area contributed by atoms with Crippen LogP contribution >= 0.6 is 0 Å². The van der Waals surface area contributed by atoms with Gasteiger partial charge in [-0.25, -0.2) is 4.79 Å². The van der Waals surface area contributed by atoms with Crippen LogP contribution in [0.3, 0.4) is 0 Å². The van der Waals surface area contributed by atoms with Gasteiger partial charge in [0.05, 0.1) is 25.5 Å². The van der Waals surface area contributed by atoms with Gasteiger partial charge in [-0.1, -0.05) is 24.3 Å². The Balaban J connectivity index is 1.79. The van der Waals surface area contributed by atoms with E-state index < -0.39 is 5.97 Å². The Morgan fingerprint density at radius 2 is 1.23 bits per heavy atom. The molecule has 0 fully saturated rings. The molecule has 3 N–H and O–H groups in total. The highest BCUT2D eigenvalue weighted by Gasteiger charge is 2.16. The first-order chi connectivity index (χ1) is 14.5. The van der Waals surface area contributed by atoms with Gasteiger partial charge >= 0.3 is 5.97 Å². The zero-order valence-electron chi connectivity index (χ0n) is 16.8. The van der Waals surface area contributed by atoms with Gasteiger partial charge in [0.1, 0.15) is 24.7 Å². The number of hydrogen-bond acceptors (Lipinski definition) is 6. The van der Waals surface area contributed by atoms with Gasteiger partial charge in [-0.2, -0.15) is 0 Å². The van der Waals surface area contributed by atoms with Gasteiger partial charge in [0.2, 0.25) is 0 Å². The van der Waals surface area contributed by atoms with Crippen LogP contribution in [0.5, 0.6) is 23.0 Å². The van der Waals surface area contributed by atoms with Gasteiger partial charge in [0.15, 0.2) is 11.5 Å². The number of ether oxygens (including phenoxy) is 4. The van der Waals surface area contributed by atoms with Crippen molar-refractivity contribution in [2.45, 2.75) is 13.2 Å². The van der Waals surface area contributed by atoms with Crippen molar-refractivity contribution in [1.29, 1.82) is 0 Å². The smallest absolute Gasteiger partial charge is 0.337 e. The highest BCUT2D eigenvalue weighted by atomic mass is 16.5. The number of nitrogen functional groups attached to an aromatic ring is 1. The van der Waals surface area contributed by atoms with Crippen LogP contribution in [0.2, 0.25) is 0 Å². The van der Waals surface area contributed by atoms with Crippen LogP contribution in [-0.2, 0) is 13.2 Å². The monoisotopic (exact) mass is 409 g/mol. The number of rotatable bonds is 9. The summed E-state index contributed by atoms with van der Waals surface area (Å²) in [5.74, 6) is 1.01. The molecule has 0 aliphatic carbocycles. The Kier molecular flexibility index (Phi) is 6.64. The topological polar surface area (TPSA) is 100 Å². The van der Waals surface area contributed by atoms with Crippen molar-refractivity contribution in [3.8, 4) is 23.0 Å². The van der Waals surface area contributed by atoms with E-state index in [2.05, 4.69) is 0 Å². The molecule has 3 aromatic carbocycles. The number of hydrogen-bond donors (Lipinski definition) is 2. The number of anilines is 1. The first-order valence-corrected chi connectivity index (χ1v) is 9.18. The lowest BCUT2D eigenvalue weighted by Crippen LogP contribution is -2.06. The Morgan fingerprint density at radius 1 is 0.800 bits per heavy atom. The molecule has 0 radical (unpaired) electrons. The van der Waals surface area contributed by atoms with Crippen LogP contribution in [0.15, 0.2) is 60.7 Å². The molecule has 0 saturated carbocycles. The Labute approximate surface area is 174 Å². The summed E-state index contributed by atoms with van der Waals surface area (Å²) in [5, 5.41) is 9.38. The SMILES string of the molecule is COc1ccc(COc2cc(N)c(C(=O)O)cc2OCc2ccc(OC)cc2)cc1. The molecule has 30 heavy (non-hydrogen) atoms. The maximum atomic E-state index is 11.5. The summed E-state index contributed by atoms with van der Waals surface area (Å²) in [5.41, 5.74) is 7.76. The fraction of sp³-hybridized carbons (Fsp3) is 0.174. The molecule has 0 spiro atoms. The molecule has 0 saturated heterocycles. The zero-order chi connectivity index (χ0) is 21.5. The number of nitrogens with two attached hydrogens (primary N) is 1. The van der Waals surface area contributed by atoms with Crippen molar-refractivity contribution < 1.29 is 28.8 Å². The van der Waals surface area contributed by atoms with Crippen LogP contribution in [0, 0.1) is 0 Å². The second kappa shape index (κ2) is 9.56. The molecule has 0 aliphatic rings. The summed E-state index contributed by atoms with van der Waals surface area (Å²) in [6.45, 7) is 0.487. The van der Waals surface area contributed by atoms with E-state index in [4.69, 9.17) is 24.7 Å². The predicted molar refractivity (Wildman–Crippen MR) is 112 cm³/mol. The third-order valence-corrected chi connectivity index (χ3v) is 4.45. The summed E-state index contributed by atoms with van der Waals surface area (Å²) in [4.78, 5) is 11.5. The lowest BCUT2D eigenvalue weighted by Gasteiger charge is -2.15. The van der Waals surface area contributed by atoms with Crippen molar-refractivity contribution >= 4 is 11.7 Å². The molecule has 0 aromatic heterocycles. The summed E-state index contributed by atoms with van der Waals surface area (Å²) >= 11 is 0. The quantitative estimate of drug-likeness (QED) is 0.512. The van der Waals surface area contributed by atoms with E-state index in [-0.39, 0.29) is 24.5 Å². The van der Waals surface area contributed by atoms with Crippen LogP contribution in [0.1, 0.15) is 21.5 Å². The van der Waals surface area contributed by atoms with Gasteiger partial charge in [-0.05, 0) is 35.4 Å². The molecule has 3 aromatic rings. The van der Waals surface area contributed by atoms with Crippen molar-refractivity contribution in [3.63, 3.8) is 0 Å². The number of carboxylic acids is 1. The van der Waals surface area contributed by atoms with Gasteiger partial charge in [-0.3, -0.25) is 0 Å². The first-order valence-electron chi connectivity index (χ1n) is 9.18. The molecule has 0 heterocycles. The minimum atomic E-state index is -1.14. The molecule has 3 rings (SSSR count). The second-order valence-corrected chi connectivity index (χ2v) is 6.46. The van der Waals surface area contributed by atoms with E-state index in [9.17, 15) is 9.90 Å². The molecule has 0 atom stereocenters. The van der Waals surface area contributed by atoms with Crippen molar-refractivity contribution in [2.75, 3.05) is 20.0 Å². The minimum absolute atomic E-state index is 0.0449. The first kappa shape index (κ1) is 20.9. The van der Waals surface area contributed by atoms with E-state index in [0.717, 1.165) is 22.6 Å². The molecule has 7 heteroatoms. The zero-order valence-corrected chi connectivity index (χ0v) is 16.8. The van der Waals surface area contributed by atoms with Crippen molar-refractivity contribution in [3.05, 3.63) is 77.4 Å². The molecule has 0 bridgehead atoms. The van der Waals surface area contributed by atoms with E-state index in [1.165, 1.54) is 12.1 Å². The van der Waals surface area contributed by atoms with Crippen LogP contribution in [0.25, 0.3) is 0 Å². The molecule has 0 unspecified atom stereocenters. The Hall–Kier alpha value is -3.87. The Morgan fingerprint density at radius 3 is 1.63 bits per heavy atom. The highest BCUT2D eigenvalue weighted by molar-refractivity contribution is 5.94. The summed E-state index contributed by atoms with van der Waals surface area (Å²) in [6, 6.07) is 17.7. The second-order valence-electron chi connectivity index (χ2n) is 6.46. The van der Waals surface area contributed by atoms with Gasteiger partial charge < -0.3 is 29.8 Å². The number of benzene rings is 3. The average molecular weight is 409 g/mol. The van der Waals surface area contributed by atoms with E-state index in [0.29, 0.717) is 11.5 Å². The van der Waals surface area contributed by atoms with Crippen LogP contribution < -0.4 is 24.7 Å². The highest BCUT2D eigenvalue weighted by Crippen LogP contribution is 2.34. The van der Waals surface area contributed by atoms with Crippen LogP contribution in [-0.4, -0.2) is 25.3 Å². The molecular formula is C23H23NO6. The molecule has 156 valence electrons. The third-order valence-electron chi connectivity index (χ3n) is 4.45. The summed E-state index contributed by atoms with van der Waals surface area (Å²) < 4.78 is 22.0. The fourth-order valence-corrected chi connectivity index (χ4v) is 2.75. The number of carbonyl (C=O) groups is 1. The number of carboxylic acid groups (broad SMARTS) is 1. The number of aromatic carboxylic acids is 1. The molecule has 0 amide bonds. The van der Waals surface area contributed by atoms with E-state index >= 15 is 0 Å². The minimum Gasteiger partial charge on any atom is -0.497 e. The predicted octanol–water partition coefficient (Wildman–Crippen LogP) is 4.14. The normalized spacial score (nSPS) is 10.3.